The zero-order chi connectivity index (χ0) is 19.7. The van der Waals surface area contributed by atoms with Gasteiger partial charge in [0.25, 0.3) is 5.91 Å². The summed E-state index contributed by atoms with van der Waals surface area (Å²) in [5.74, 6) is -0.856. The molecule has 0 atom stereocenters. The summed E-state index contributed by atoms with van der Waals surface area (Å²) in [5, 5.41) is 9.08. The van der Waals surface area contributed by atoms with Crippen LogP contribution < -0.4 is 0 Å². The van der Waals surface area contributed by atoms with Crippen molar-refractivity contribution in [2.45, 2.75) is 44.7 Å². The number of benzene rings is 1. The van der Waals surface area contributed by atoms with Crippen LogP contribution in [-0.2, 0) is 6.54 Å². The Bertz CT molecular complexity index is 1020. The van der Waals surface area contributed by atoms with E-state index >= 15 is 0 Å². The first kappa shape index (κ1) is 19.0. The van der Waals surface area contributed by atoms with E-state index in [0.717, 1.165) is 35.9 Å². The Morgan fingerprint density at radius 3 is 2.71 bits per heavy atom. The van der Waals surface area contributed by atoms with E-state index in [4.69, 9.17) is 21.1 Å². The number of aromatic nitrogens is 1. The van der Waals surface area contributed by atoms with Crippen LogP contribution >= 0.6 is 22.9 Å². The number of furan rings is 1. The summed E-state index contributed by atoms with van der Waals surface area (Å²) in [7, 11) is 0. The highest BCUT2D eigenvalue weighted by Crippen LogP contribution is 2.29. The minimum Gasteiger partial charge on any atom is -0.475 e. The summed E-state index contributed by atoms with van der Waals surface area (Å²) in [4.78, 5) is 30.5. The van der Waals surface area contributed by atoms with Crippen molar-refractivity contribution in [2.24, 2.45) is 0 Å². The van der Waals surface area contributed by atoms with E-state index in [0.29, 0.717) is 15.8 Å². The van der Waals surface area contributed by atoms with Crippen molar-refractivity contribution in [1.82, 2.24) is 9.88 Å². The molecule has 1 fully saturated rings. The maximum absolute atomic E-state index is 13.4. The molecule has 1 saturated carbocycles. The highest BCUT2D eigenvalue weighted by molar-refractivity contribution is 7.22. The number of hydrogen-bond donors (Lipinski definition) is 1. The Balaban J connectivity index is 1.64. The van der Waals surface area contributed by atoms with Gasteiger partial charge in [-0.3, -0.25) is 4.79 Å². The van der Waals surface area contributed by atoms with Crippen LogP contribution in [0.2, 0.25) is 4.47 Å². The normalized spacial score (nSPS) is 15.0. The lowest BCUT2D eigenvalue weighted by atomic mass is 9.93. The second-order valence-corrected chi connectivity index (χ2v) is 8.56. The van der Waals surface area contributed by atoms with Gasteiger partial charge in [0.05, 0.1) is 16.8 Å². The first-order chi connectivity index (χ1) is 13.5. The maximum Gasteiger partial charge on any atom is 0.371 e. The molecule has 1 N–H and O–H groups in total. The number of hydrogen-bond acceptors (Lipinski definition) is 5. The number of carbonyl (C=O) groups is 2. The van der Waals surface area contributed by atoms with Crippen molar-refractivity contribution in [1.29, 1.82) is 0 Å². The molecule has 0 spiro atoms. The van der Waals surface area contributed by atoms with Gasteiger partial charge in [0.1, 0.15) is 5.76 Å². The lowest BCUT2D eigenvalue weighted by Crippen LogP contribution is -2.40. The van der Waals surface area contributed by atoms with Crippen LogP contribution in [-0.4, -0.2) is 32.9 Å². The van der Waals surface area contributed by atoms with E-state index < -0.39 is 5.97 Å². The van der Waals surface area contributed by atoms with Crippen molar-refractivity contribution in [3.8, 4) is 0 Å². The van der Waals surface area contributed by atoms with E-state index in [1.807, 2.05) is 11.0 Å². The number of carboxylic acids is 1. The standard InChI is InChI=1S/C20H19ClN2O4S/c21-20-22-15-8-6-12(10-17(15)28-20)18(24)23(13-4-2-1-3-5-13)11-14-7-9-16(27-14)19(25)26/h6-10,13H,1-5,11H2,(H,25,26). The maximum atomic E-state index is 13.4. The molecule has 2 aromatic heterocycles. The average Bonchev–Trinajstić information content (AvgIpc) is 3.31. The van der Waals surface area contributed by atoms with E-state index in [2.05, 4.69) is 4.98 Å². The predicted molar refractivity (Wildman–Crippen MR) is 107 cm³/mol. The zero-order valence-electron chi connectivity index (χ0n) is 15.1. The minimum absolute atomic E-state index is 0.0911. The zero-order valence-corrected chi connectivity index (χ0v) is 16.6. The fraction of sp³-hybridized carbons (Fsp3) is 0.350. The van der Waals surface area contributed by atoms with Gasteiger partial charge in [-0.2, -0.15) is 0 Å². The SMILES string of the molecule is O=C(O)c1ccc(CN(C(=O)c2ccc3nc(Cl)sc3c2)C2CCCCC2)o1. The number of fused-ring (bicyclic) bond motifs is 1. The molecule has 1 amide bonds. The van der Waals surface area contributed by atoms with Crippen molar-refractivity contribution in [2.75, 3.05) is 0 Å². The Kier molecular flexibility index (Phi) is 5.37. The summed E-state index contributed by atoms with van der Waals surface area (Å²) in [6.45, 7) is 0.248. The van der Waals surface area contributed by atoms with Gasteiger partial charge in [-0.15, -0.1) is 11.3 Å². The third-order valence-electron chi connectivity index (χ3n) is 5.08. The molecule has 1 aliphatic carbocycles. The Morgan fingerprint density at radius 2 is 2.00 bits per heavy atom. The number of rotatable bonds is 5. The molecule has 3 aromatic rings. The van der Waals surface area contributed by atoms with Crippen LogP contribution in [0.25, 0.3) is 10.2 Å². The number of halogens is 1. The van der Waals surface area contributed by atoms with Gasteiger partial charge in [0.2, 0.25) is 5.76 Å². The molecule has 0 aliphatic heterocycles. The van der Waals surface area contributed by atoms with E-state index in [-0.39, 0.29) is 24.3 Å². The van der Waals surface area contributed by atoms with E-state index in [9.17, 15) is 9.59 Å². The third-order valence-corrected chi connectivity index (χ3v) is 6.21. The second kappa shape index (κ2) is 7.93. The predicted octanol–water partition coefficient (Wildman–Crippen LogP) is 5.22. The van der Waals surface area contributed by atoms with Gasteiger partial charge in [0, 0.05) is 11.6 Å². The average molecular weight is 419 g/mol. The van der Waals surface area contributed by atoms with Crippen LogP contribution in [0.1, 0.15) is 58.8 Å². The molecular weight excluding hydrogens is 400 g/mol. The molecule has 0 bridgehead atoms. The Hall–Kier alpha value is -2.38. The van der Waals surface area contributed by atoms with Crippen molar-refractivity contribution < 1.29 is 19.1 Å². The van der Waals surface area contributed by atoms with Gasteiger partial charge < -0.3 is 14.4 Å². The van der Waals surface area contributed by atoms with Crippen LogP contribution in [0.5, 0.6) is 0 Å². The molecule has 0 saturated heterocycles. The van der Waals surface area contributed by atoms with E-state index in [1.165, 1.54) is 23.8 Å². The molecule has 2 heterocycles. The van der Waals surface area contributed by atoms with Gasteiger partial charge in [-0.25, -0.2) is 9.78 Å². The first-order valence-electron chi connectivity index (χ1n) is 9.20. The number of aromatic carboxylic acids is 1. The van der Waals surface area contributed by atoms with Gasteiger partial charge in [0.15, 0.2) is 4.47 Å². The highest BCUT2D eigenvalue weighted by atomic mass is 35.5. The Labute approximate surface area is 170 Å². The van der Waals surface area contributed by atoms with Gasteiger partial charge in [-0.05, 0) is 43.2 Å². The van der Waals surface area contributed by atoms with E-state index in [1.54, 1.807) is 18.2 Å². The third kappa shape index (κ3) is 3.91. The molecule has 146 valence electrons. The Morgan fingerprint density at radius 1 is 1.21 bits per heavy atom. The van der Waals surface area contributed by atoms with Crippen LogP contribution in [0.4, 0.5) is 0 Å². The van der Waals surface area contributed by atoms with Crippen molar-refractivity contribution in [3.05, 3.63) is 51.9 Å². The summed E-state index contributed by atoms with van der Waals surface area (Å²) in [6, 6.07) is 8.55. The summed E-state index contributed by atoms with van der Waals surface area (Å²) in [5.41, 5.74) is 1.34. The number of carbonyl (C=O) groups excluding carboxylic acids is 1. The molecule has 6 nitrogen and oxygen atoms in total. The first-order valence-corrected chi connectivity index (χ1v) is 10.4. The lowest BCUT2D eigenvalue weighted by molar-refractivity contribution is 0.0590. The second-order valence-electron chi connectivity index (χ2n) is 6.95. The summed E-state index contributed by atoms with van der Waals surface area (Å²) in [6.07, 6.45) is 5.21. The summed E-state index contributed by atoms with van der Waals surface area (Å²) >= 11 is 7.33. The molecule has 1 aromatic carbocycles. The molecule has 1 aliphatic rings. The van der Waals surface area contributed by atoms with Crippen LogP contribution in [0.3, 0.4) is 0 Å². The fourth-order valence-electron chi connectivity index (χ4n) is 3.70. The highest BCUT2D eigenvalue weighted by Gasteiger charge is 2.28. The summed E-state index contributed by atoms with van der Waals surface area (Å²) < 4.78 is 6.72. The van der Waals surface area contributed by atoms with Crippen molar-refractivity contribution >= 4 is 45.0 Å². The number of carboxylic acid groups (broad SMARTS) is 1. The molecular formula is C20H19ClN2O4S. The molecule has 8 heteroatoms. The number of nitrogens with zero attached hydrogens (tertiary/aromatic N) is 2. The molecule has 0 radical (unpaired) electrons. The fourth-order valence-corrected chi connectivity index (χ4v) is 4.77. The topological polar surface area (TPSA) is 83.6 Å². The smallest absolute Gasteiger partial charge is 0.371 e. The lowest BCUT2D eigenvalue weighted by Gasteiger charge is -2.34. The number of amides is 1. The minimum atomic E-state index is -1.12. The van der Waals surface area contributed by atoms with Gasteiger partial charge in [-0.1, -0.05) is 30.9 Å². The van der Waals surface area contributed by atoms with Crippen molar-refractivity contribution in [3.63, 3.8) is 0 Å². The monoisotopic (exact) mass is 418 g/mol. The molecule has 28 heavy (non-hydrogen) atoms. The molecule has 4 rings (SSSR count). The number of thiazole rings is 1. The largest absolute Gasteiger partial charge is 0.475 e. The molecule has 0 unspecified atom stereocenters. The van der Waals surface area contributed by atoms with Crippen LogP contribution in [0.15, 0.2) is 34.7 Å². The van der Waals surface area contributed by atoms with Crippen LogP contribution in [0, 0.1) is 0 Å². The quantitative estimate of drug-likeness (QED) is 0.614. The van der Waals surface area contributed by atoms with Gasteiger partial charge >= 0.3 is 5.97 Å².